The van der Waals surface area contributed by atoms with Gasteiger partial charge in [0.25, 0.3) is 0 Å². The van der Waals surface area contributed by atoms with E-state index in [-0.39, 0.29) is 0 Å². The van der Waals surface area contributed by atoms with Crippen LogP contribution in [0.3, 0.4) is 0 Å². The van der Waals surface area contributed by atoms with Gasteiger partial charge < -0.3 is 10.0 Å². The quantitative estimate of drug-likeness (QED) is 0.770. The van der Waals surface area contributed by atoms with Gasteiger partial charge in [-0.1, -0.05) is 12.1 Å². The normalized spacial score (nSPS) is 16.9. The Kier molecular flexibility index (Phi) is 3.25. The van der Waals surface area contributed by atoms with Gasteiger partial charge >= 0.3 is 0 Å². The second-order valence-corrected chi connectivity index (χ2v) is 4.26. The number of rotatable bonds is 5. The molecule has 3 nitrogen and oxygen atoms in total. The molecule has 1 aromatic heterocycles. The van der Waals surface area contributed by atoms with Crippen LogP contribution < -0.4 is 4.90 Å². The Bertz CT molecular complexity index is 372. The zero-order valence-electron chi connectivity index (χ0n) is 9.63. The van der Waals surface area contributed by atoms with Crippen LogP contribution in [0.15, 0.2) is 31.0 Å². The van der Waals surface area contributed by atoms with E-state index in [2.05, 4.69) is 16.5 Å². The summed E-state index contributed by atoms with van der Waals surface area (Å²) in [6, 6.07) is 4.38. The average molecular weight is 218 g/mol. The van der Waals surface area contributed by atoms with Gasteiger partial charge in [-0.05, 0) is 25.8 Å². The minimum Gasteiger partial charge on any atom is -0.389 e. The lowest BCUT2D eigenvalue weighted by molar-refractivity contribution is 0.199. The summed E-state index contributed by atoms with van der Waals surface area (Å²) in [6.07, 6.45) is 5.61. The van der Waals surface area contributed by atoms with Crippen LogP contribution in [0.25, 0.3) is 0 Å². The van der Waals surface area contributed by atoms with Crippen molar-refractivity contribution < 1.29 is 5.11 Å². The van der Waals surface area contributed by atoms with Gasteiger partial charge in [0.05, 0.1) is 6.10 Å². The second kappa shape index (κ2) is 4.66. The molecule has 1 saturated carbocycles. The molecular formula is C13H18N2O. The standard InChI is InChI=1S/C13H18N2O/c1-3-9-15(11-6-7-11)13-12(10(2)16)5-4-8-14-13/h3-5,8,10-11,16H,1,6-7,9H2,2H3/t10-/m1/s1. The number of anilines is 1. The van der Waals surface area contributed by atoms with Crippen LogP contribution in [0, 0.1) is 0 Å². The molecule has 0 saturated heterocycles. The SMILES string of the molecule is C=CCN(c1ncccc1[C@@H](C)O)C1CC1. The fourth-order valence-electron chi connectivity index (χ4n) is 1.91. The minimum atomic E-state index is -0.477. The van der Waals surface area contributed by atoms with Gasteiger partial charge in [0.15, 0.2) is 0 Å². The summed E-state index contributed by atoms with van der Waals surface area (Å²) in [5.74, 6) is 0.903. The average Bonchev–Trinajstić information content (AvgIpc) is 3.10. The third kappa shape index (κ3) is 2.25. The molecule has 0 aliphatic heterocycles. The van der Waals surface area contributed by atoms with E-state index in [1.165, 1.54) is 12.8 Å². The van der Waals surface area contributed by atoms with Crippen molar-refractivity contribution in [3.8, 4) is 0 Å². The van der Waals surface area contributed by atoms with Gasteiger partial charge in [0.1, 0.15) is 5.82 Å². The number of hydrogen-bond acceptors (Lipinski definition) is 3. The number of aliphatic hydroxyl groups excluding tert-OH is 1. The first kappa shape index (κ1) is 11.1. The van der Waals surface area contributed by atoms with Crippen molar-refractivity contribution in [2.45, 2.75) is 31.9 Å². The molecule has 0 unspecified atom stereocenters. The summed E-state index contributed by atoms with van der Waals surface area (Å²) in [4.78, 5) is 6.63. The van der Waals surface area contributed by atoms with Gasteiger partial charge in [-0.25, -0.2) is 4.98 Å². The molecule has 1 aromatic rings. The highest BCUT2D eigenvalue weighted by Crippen LogP contribution is 2.33. The van der Waals surface area contributed by atoms with Crippen LogP contribution in [0.1, 0.15) is 31.4 Å². The Labute approximate surface area is 96.4 Å². The van der Waals surface area contributed by atoms with E-state index in [1.807, 2.05) is 18.2 Å². The molecule has 1 aliphatic rings. The molecule has 1 atom stereocenters. The van der Waals surface area contributed by atoms with Crippen molar-refractivity contribution >= 4 is 5.82 Å². The minimum absolute atomic E-state index is 0.477. The number of aromatic nitrogens is 1. The Morgan fingerprint density at radius 2 is 2.44 bits per heavy atom. The number of pyridine rings is 1. The van der Waals surface area contributed by atoms with Gasteiger partial charge in [-0.15, -0.1) is 6.58 Å². The molecule has 1 aliphatic carbocycles. The number of hydrogen-bond donors (Lipinski definition) is 1. The Hall–Kier alpha value is -1.35. The van der Waals surface area contributed by atoms with Crippen molar-refractivity contribution in [2.24, 2.45) is 0 Å². The van der Waals surface area contributed by atoms with Crippen molar-refractivity contribution in [3.05, 3.63) is 36.5 Å². The summed E-state index contributed by atoms with van der Waals surface area (Å²) >= 11 is 0. The van der Waals surface area contributed by atoms with Crippen LogP contribution in [0.5, 0.6) is 0 Å². The van der Waals surface area contributed by atoms with E-state index in [1.54, 1.807) is 13.1 Å². The molecule has 86 valence electrons. The van der Waals surface area contributed by atoms with E-state index in [9.17, 15) is 5.11 Å². The van der Waals surface area contributed by atoms with Gasteiger partial charge in [-0.3, -0.25) is 0 Å². The molecule has 16 heavy (non-hydrogen) atoms. The predicted octanol–water partition coefficient (Wildman–Crippen LogP) is 2.29. The highest BCUT2D eigenvalue weighted by molar-refractivity contribution is 5.50. The van der Waals surface area contributed by atoms with Crippen LogP contribution in [0.4, 0.5) is 5.82 Å². The van der Waals surface area contributed by atoms with Gasteiger partial charge in [-0.2, -0.15) is 0 Å². The largest absolute Gasteiger partial charge is 0.389 e. The van der Waals surface area contributed by atoms with Crippen molar-refractivity contribution in [1.29, 1.82) is 0 Å². The maximum Gasteiger partial charge on any atom is 0.134 e. The lowest BCUT2D eigenvalue weighted by atomic mass is 10.1. The first-order valence-electron chi connectivity index (χ1n) is 5.74. The van der Waals surface area contributed by atoms with Gasteiger partial charge in [0, 0.05) is 24.3 Å². The summed E-state index contributed by atoms with van der Waals surface area (Å²) in [6.45, 7) is 6.35. The lowest BCUT2D eigenvalue weighted by Crippen LogP contribution is -2.28. The molecule has 2 rings (SSSR count). The summed E-state index contributed by atoms with van der Waals surface area (Å²) in [7, 11) is 0. The fraction of sp³-hybridized carbons (Fsp3) is 0.462. The summed E-state index contributed by atoms with van der Waals surface area (Å²) in [5, 5.41) is 9.73. The maximum absolute atomic E-state index is 9.73. The van der Waals surface area contributed by atoms with Crippen LogP contribution >= 0.6 is 0 Å². The molecule has 3 heteroatoms. The van der Waals surface area contributed by atoms with E-state index in [0.717, 1.165) is 17.9 Å². The van der Waals surface area contributed by atoms with Crippen molar-refractivity contribution in [1.82, 2.24) is 4.98 Å². The number of aliphatic hydroxyl groups is 1. The molecule has 1 N–H and O–H groups in total. The molecule has 0 bridgehead atoms. The molecule has 0 amide bonds. The monoisotopic (exact) mass is 218 g/mol. The molecule has 0 radical (unpaired) electrons. The van der Waals surface area contributed by atoms with Crippen molar-refractivity contribution in [3.63, 3.8) is 0 Å². The molecule has 0 aromatic carbocycles. The Balaban J connectivity index is 2.31. The lowest BCUT2D eigenvalue weighted by Gasteiger charge is -2.25. The maximum atomic E-state index is 9.73. The second-order valence-electron chi connectivity index (χ2n) is 4.26. The highest BCUT2D eigenvalue weighted by atomic mass is 16.3. The molecule has 1 fully saturated rings. The van der Waals surface area contributed by atoms with Gasteiger partial charge in [0.2, 0.25) is 0 Å². The smallest absolute Gasteiger partial charge is 0.134 e. The predicted molar refractivity (Wildman–Crippen MR) is 65.4 cm³/mol. The molecule has 0 spiro atoms. The van der Waals surface area contributed by atoms with E-state index in [0.29, 0.717) is 6.04 Å². The topological polar surface area (TPSA) is 36.4 Å². The Morgan fingerprint density at radius 3 is 3.00 bits per heavy atom. The third-order valence-corrected chi connectivity index (χ3v) is 2.85. The first-order valence-corrected chi connectivity index (χ1v) is 5.74. The van der Waals surface area contributed by atoms with E-state index >= 15 is 0 Å². The zero-order valence-corrected chi connectivity index (χ0v) is 9.63. The van der Waals surface area contributed by atoms with Crippen LogP contribution in [-0.2, 0) is 0 Å². The number of nitrogens with zero attached hydrogens (tertiary/aromatic N) is 2. The third-order valence-electron chi connectivity index (χ3n) is 2.85. The van der Waals surface area contributed by atoms with Crippen molar-refractivity contribution in [2.75, 3.05) is 11.4 Å². The van der Waals surface area contributed by atoms with Crippen LogP contribution in [-0.4, -0.2) is 22.7 Å². The highest BCUT2D eigenvalue weighted by Gasteiger charge is 2.30. The molecular weight excluding hydrogens is 200 g/mol. The van der Waals surface area contributed by atoms with Crippen LogP contribution in [0.2, 0.25) is 0 Å². The first-order chi connectivity index (χ1) is 7.74. The van der Waals surface area contributed by atoms with E-state index in [4.69, 9.17) is 0 Å². The summed E-state index contributed by atoms with van der Waals surface area (Å²) in [5.41, 5.74) is 0.899. The Morgan fingerprint density at radius 1 is 1.69 bits per heavy atom. The zero-order chi connectivity index (χ0) is 11.5. The molecule has 1 heterocycles. The van der Waals surface area contributed by atoms with E-state index < -0.39 is 6.10 Å². The fourth-order valence-corrected chi connectivity index (χ4v) is 1.91. The summed E-state index contributed by atoms with van der Waals surface area (Å²) < 4.78 is 0.